The lowest BCUT2D eigenvalue weighted by molar-refractivity contribution is -0.116. The van der Waals surface area contributed by atoms with Gasteiger partial charge in [0, 0.05) is 18.4 Å². The van der Waals surface area contributed by atoms with Gasteiger partial charge in [0.05, 0.1) is 17.3 Å². The smallest absolute Gasteiger partial charge is 0.257 e. The van der Waals surface area contributed by atoms with E-state index in [1.54, 1.807) is 17.0 Å². The molecule has 1 aromatic carbocycles. The molecule has 20 heavy (non-hydrogen) atoms. The molecule has 1 atom stereocenters. The number of phenolic OH excluding ortho intramolecular Hbond substituents is 1. The topological polar surface area (TPSA) is 49.8 Å². The minimum Gasteiger partial charge on any atom is -0.507 e. The van der Waals surface area contributed by atoms with Gasteiger partial charge in [-0.25, -0.2) is 0 Å². The standard InChI is InChI=1S/C15H20BrNO3/c1-10-4-5-12(13(18)6-10)14(19)17-8-11(7-16)20-15(2,3)9-17/h4-6,11,18H,7-9H2,1-3H3. The Morgan fingerprint density at radius 3 is 2.85 bits per heavy atom. The van der Waals surface area contributed by atoms with Crippen LogP contribution in [0.25, 0.3) is 0 Å². The summed E-state index contributed by atoms with van der Waals surface area (Å²) in [5.41, 5.74) is 0.897. The van der Waals surface area contributed by atoms with Crippen LogP contribution < -0.4 is 0 Å². The van der Waals surface area contributed by atoms with Crippen molar-refractivity contribution in [2.45, 2.75) is 32.5 Å². The number of carbonyl (C=O) groups is 1. The molecule has 1 aromatic rings. The highest BCUT2D eigenvalue weighted by Crippen LogP contribution is 2.26. The lowest BCUT2D eigenvalue weighted by Gasteiger charge is -2.42. The number of halogens is 1. The Kier molecular flexibility index (Phi) is 4.39. The minimum absolute atomic E-state index is 0.0321. The van der Waals surface area contributed by atoms with Gasteiger partial charge in [-0.2, -0.15) is 0 Å². The van der Waals surface area contributed by atoms with Gasteiger partial charge in [-0.05, 0) is 38.5 Å². The molecule has 1 saturated heterocycles. The molecule has 1 heterocycles. The minimum atomic E-state index is -0.382. The number of phenols is 1. The molecular weight excluding hydrogens is 322 g/mol. The van der Waals surface area contributed by atoms with Gasteiger partial charge < -0.3 is 14.7 Å². The molecule has 4 nitrogen and oxygen atoms in total. The van der Waals surface area contributed by atoms with E-state index >= 15 is 0 Å². The monoisotopic (exact) mass is 341 g/mol. The van der Waals surface area contributed by atoms with Crippen molar-refractivity contribution in [3.63, 3.8) is 0 Å². The van der Waals surface area contributed by atoms with Crippen LogP contribution in [0.2, 0.25) is 0 Å². The molecule has 0 aromatic heterocycles. The molecule has 1 aliphatic rings. The van der Waals surface area contributed by atoms with Crippen LogP contribution in [0.3, 0.4) is 0 Å². The van der Waals surface area contributed by atoms with E-state index in [-0.39, 0.29) is 23.4 Å². The number of rotatable bonds is 2. The van der Waals surface area contributed by atoms with Gasteiger partial charge in [0.25, 0.3) is 5.91 Å². The SMILES string of the molecule is Cc1ccc(C(=O)N2CC(CBr)OC(C)(C)C2)c(O)c1. The molecule has 110 valence electrons. The number of hydrogen-bond acceptors (Lipinski definition) is 3. The van der Waals surface area contributed by atoms with Gasteiger partial charge in [-0.15, -0.1) is 0 Å². The van der Waals surface area contributed by atoms with E-state index in [2.05, 4.69) is 15.9 Å². The third-order valence-electron chi connectivity index (χ3n) is 3.32. The first-order chi connectivity index (χ1) is 9.32. The average Bonchev–Trinajstić information content (AvgIpc) is 2.36. The van der Waals surface area contributed by atoms with Crippen LogP contribution in [0.5, 0.6) is 5.75 Å². The summed E-state index contributed by atoms with van der Waals surface area (Å²) in [6.07, 6.45) is -0.0321. The van der Waals surface area contributed by atoms with Crippen molar-refractivity contribution in [1.82, 2.24) is 4.90 Å². The summed E-state index contributed by atoms with van der Waals surface area (Å²) in [6, 6.07) is 5.12. The fraction of sp³-hybridized carbons (Fsp3) is 0.533. The summed E-state index contributed by atoms with van der Waals surface area (Å²) in [6.45, 7) is 6.87. The Hall–Kier alpha value is -1.07. The molecule has 0 spiro atoms. The van der Waals surface area contributed by atoms with Crippen molar-refractivity contribution >= 4 is 21.8 Å². The Morgan fingerprint density at radius 2 is 2.25 bits per heavy atom. The first kappa shape index (κ1) is 15.3. The normalized spacial score (nSPS) is 21.8. The van der Waals surface area contributed by atoms with E-state index < -0.39 is 0 Å². The Bertz CT molecular complexity index is 516. The zero-order chi connectivity index (χ0) is 14.9. The van der Waals surface area contributed by atoms with E-state index in [4.69, 9.17) is 4.74 Å². The zero-order valence-electron chi connectivity index (χ0n) is 12.0. The number of hydrogen-bond donors (Lipinski definition) is 1. The van der Waals surface area contributed by atoms with Crippen molar-refractivity contribution in [2.75, 3.05) is 18.4 Å². The second kappa shape index (κ2) is 5.74. The van der Waals surface area contributed by atoms with Crippen LogP contribution >= 0.6 is 15.9 Å². The zero-order valence-corrected chi connectivity index (χ0v) is 13.6. The van der Waals surface area contributed by atoms with Gasteiger partial charge in [-0.1, -0.05) is 22.0 Å². The van der Waals surface area contributed by atoms with Crippen LogP contribution in [0.15, 0.2) is 18.2 Å². The summed E-state index contributed by atoms with van der Waals surface area (Å²) < 4.78 is 5.89. The van der Waals surface area contributed by atoms with Gasteiger partial charge >= 0.3 is 0 Å². The van der Waals surface area contributed by atoms with E-state index in [0.29, 0.717) is 24.0 Å². The number of benzene rings is 1. The maximum absolute atomic E-state index is 12.6. The van der Waals surface area contributed by atoms with Crippen molar-refractivity contribution in [1.29, 1.82) is 0 Å². The lowest BCUT2D eigenvalue weighted by atomic mass is 10.0. The summed E-state index contributed by atoms with van der Waals surface area (Å²) >= 11 is 3.41. The lowest BCUT2D eigenvalue weighted by Crippen LogP contribution is -2.55. The summed E-state index contributed by atoms with van der Waals surface area (Å²) in [4.78, 5) is 14.3. The van der Waals surface area contributed by atoms with E-state index in [1.807, 2.05) is 26.8 Å². The highest BCUT2D eigenvalue weighted by atomic mass is 79.9. The number of alkyl halides is 1. The maximum Gasteiger partial charge on any atom is 0.257 e. The van der Waals surface area contributed by atoms with E-state index in [9.17, 15) is 9.90 Å². The van der Waals surface area contributed by atoms with Crippen molar-refractivity contribution in [2.24, 2.45) is 0 Å². The number of aromatic hydroxyl groups is 1. The fourth-order valence-electron chi connectivity index (χ4n) is 2.52. The van der Waals surface area contributed by atoms with Crippen molar-refractivity contribution in [3.05, 3.63) is 29.3 Å². The molecule has 0 aliphatic carbocycles. The molecule has 1 unspecified atom stereocenters. The van der Waals surface area contributed by atoms with Gasteiger partial charge in [0.1, 0.15) is 5.75 Å². The van der Waals surface area contributed by atoms with E-state index in [0.717, 1.165) is 5.56 Å². The summed E-state index contributed by atoms with van der Waals surface area (Å²) in [7, 11) is 0. The number of amides is 1. The molecule has 1 amide bonds. The highest BCUT2D eigenvalue weighted by Gasteiger charge is 2.35. The number of nitrogens with zero attached hydrogens (tertiary/aromatic N) is 1. The maximum atomic E-state index is 12.6. The predicted octanol–water partition coefficient (Wildman–Crippen LogP) is 2.72. The second-order valence-electron chi connectivity index (χ2n) is 5.86. The van der Waals surface area contributed by atoms with Crippen LogP contribution in [-0.2, 0) is 4.74 Å². The molecule has 2 rings (SSSR count). The number of aryl methyl sites for hydroxylation is 1. The van der Waals surface area contributed by atoms with Crippen molar-refractivity contribution < 1.29 is 14.6 Å². The first-order valence-corrected chi connectivity index (χ1v) is 7.77. The van der Waals surface area contributed by atoms with Crippen LogP contribution in [0.1, 0.15) is 29.8 Å². The Labute approximate surface area is 127 Å². The number of ether oxygens (including phenoxy) is 1. The van der Waals surface area contributed by atoms with Crippen LogP contribution in [0.4, 0.5) is 0 Å². The quantitative estimate of drug-likeness (QED) is 0.841. The molecule has 1 aliphatic heterocycles. The molecule has 0 saturated carbocycles. The second-order valence-corrected chi connectivity index (χ2v) is 6.51. The predicted molar refractivity (Wildman–Crippen MR) is 81.5 cm³/mol. The van der Waals surface area contributed by atoms with Crippen LogP contribution in [0, 0.1) is 6.92 Å². The molecule has 1 N–H and O–H groups in total. The fourth-order valence-corrected chi connectivity index (χ4v) is 2.86. The van der Waals surface area contributed by atoms with Crippen molar-refractivity contribution in [3.8, 4) is 5.75 Å². The third kappa shape index (κ3) is 3.33. The molecule has 0 bridgehead atoms. The molecule has 1 fully saturated rings. The molecule has 5 heteroatoms. The largest absolute Gasteiger partial charge is 0.507 e. The number of morpholine rings is 1. The molecular formula is C15H20BrNO3. The van der Waals surface area contributed by atoms with Gasteiger partial charge in [0.2, 0.25) is 0 Å². The summed E-state index contributed by atoms with van der Waals surface area (Å²) in [5.74, 6) is -0.112. The van der Waals surface area contributed by atoms with Gasteiger partial charge in [0.15, 0.2) is 0 Å². The van der Waals surface area contributed by atoms with Crippen LogP contribution in [-0.4, -0.2) is 46.0 Å². The first-order valence-electron chi connectivity index (χ1n) is 6.65. The number of carbonyl (C=O) groups excluding carboxylic acids is 1. The molecule has 0 radical (unpaired) electrons. The van der Waals surface area contributed by atoms with E-state index in [1.165, 1.54) is 0 Å². The Morgan fingerprint density at radius 1 is 1.55 bits per heavy atom. The Balaban J connectivity index is 2.23. The van der Waals surface area contributed by atoms with Gasteiger partial charge in [-0.3, -0.25) is 4.79 Å². The average molecular weight is 342 g/mol. The third-order valence-corrected chi connectivity index (χ3v) is 4.05. The summed E-state index contributed by atoms with van der Waals surface area (Å²) in [5, 5.41) is 10.6. The highest BCUT2D eigenvalue weighted by molar-refractivity contribution is 9.09.